The minimum absolute atomic E-state index is 0.0650. The van der Waals surface area contributed by atoms with Crippen LogP contribution in [0.5, 0.6) is 0 Å². The van der Waals surface area contributed by atoms with Crippen LogP contribution in [0.25, 0.3) is 0 Å². The molecule has 0 saturated carbocycles. The molecule has 0 fully saturated rings. The second-order valence-electron chi connectivity index (χ2n) is 3.31. The first-order chi connectivity index (χ1) is 8.44. The van der Waals surface area contributed by atoms with E-state index in [9.17, 15) is 13.2 Å². The monoisotopic (exact) mass is 301 g/mol. The van der Waals surface area contributed by atoms with E-state index < -0.39 is 14.9 Å². The van der Waals surface area contributed by atoms with E-state index in [1.54, 1.807) is 5.38 Å². The number of thiazole rings is 1. The number of anilines is 1. The van der Waals surface area contributed by atoms with Gasteiger partial charge >= 0.3 is 4.87 Å². The molecular weight excluding hydrogens is 294 g/mol. The van der Waals surface area contributed by atoms with Crippen molar-refractivity contribution in [3.05, 3.63) is 32.4 Å². The number of nitrogens with one attached hydrogen (secondary N) is 2. The lowest BCUT2D eigenvalue weighted by atomic mass is 10.4. The average molecular weight is 301 g/mol. The molecule has 2 aromatic rings. The summed E-state index contributed by atoms with van der Waals surface area (Å²) < 4.78 is 26.3. The van der Waals surface area contributed by atoms with Gasteiger partial charge in [0.05, 0.1) is 5.56 Å². The maximum absolute atomic E-state index is 12.0. The van der Waals surface area contributed by atoms with Gasteiger partial charge in [-0.05, 0) is 18.4 Å². The molecule has 0 bridgehead atoms. The Labute approximate surface area is 111 Å². The molecule has 2 rings (SSSR count). The number of thiophene rings is 1. The van der Waals surface area contributed by atoms with Crippen LogP contribution >= 0.6 is 22.7 Å². The van der Waals surface area contributed by atoms with Crippen LogP contribution in [0.3, 0.4) is 0 Å². The molecule has 18 heavy (non-hydrogen) atoms. The zero-order valence-electron chi connectivity index (χ0n) is 9.05. The summed E-state index contributed by atoms with van der Waals surface area (Å²) >= 11 is 1.73. The molecule has 0 aliphatic heterocycles. The van der Waals surface area contributed by atoms with Crippen LogP contribution in [0.2, 0.25) is 0 Å². The normalized spacial score (nSPS) is 11.1. The SMILES string of the molecule is Cc1[nH]c(=O)sc1S(=O)(=O)Nc1sccc1C#N. The van der Waals surface area contributed by atoms with E-state index in [-0.39, 0.29) is 20.5 Å². The quantitative estimate of drug-likeness (QED) is 0.896. The van der Waals surface area contributed by atoms with Crippen molar-refractivity contribution in [1.29, 1.82) is 5.26 Å². The van der Waals surface area contributed by atoms with Crippen LogP contribution in [-0.2, 0) is 10.0 Å². The van der Waals surface area contributed by atoms with Crippen molar-refractivity contribution < 1.29 is 8.42 Å². The van der Waals surface area contributed by atoms with Crippen LogP contribution in [0.4, 0.5) is 5.00 Å². The molecule has 0 unspecified atom stereocenters. The van der Waals surface area contributed by atoms with Crippen LogP contribution in [0.1, 0.15) is 11.3 Å². The first-order valence-electron chi connectivity index (χ1n) is 4.64. The Morgan fingerprint density at radius 3 is 2.78 bits per heavy atom. The first-order valence-corrected chi connectivity index (χ1v) is 7.82. The zero-order chi connectivity index (χ0) is 13.3. The Bertz CT molecular complexity index is 776. The van der Waals surface area contributed by atoms with E-state index in [1.807, 2.05) is 6.07 Å². The van der Waals surface area contributed by atoms with Gasteiger partial charge < -0.3 is 4.98 Å². The molecule has 0 spiro atoms. The molecule has 2 N–H and O–H groups in total. The van der Waals surface area contributed by atoms with Gasteiger partial charge in [-0.25, -0.2) is 8.42 Å². The van der Waals surface area contributed by atoms with Gasteiger partial charge in [0, 0.05) is 5.69 Å². The number of sulfonamides is 1. The highest BCUT2D eigenvalue weighted by atomic mass is 32.2. The lowest BCUT2D eigenvalue weighted by Crippen LogP contribution is -2.12. The molecule has 0 aromatic carbocycles. The van der Waals surface area contributed by atoms with Crippen molar-refractivity contribution in [2.75, 3.05) is 4.72 Å². The maximum atomic E-state index is 12.0. The molecule has 2 aromatic heterocycles. The lowest BCUT2D eigenvalue weighted by Gasteiger charge is -2.04. The number of nitriles is 1. The van der Waals surface area contributed by atoms with Gasteiger partial charge in [0.2, 0.25) is 0 Å². The zero-order valence-corrected chi connectivity index (χ0v) is 11.5. The molecule has 9 heteroatoms. The number of nitrogens with zero attached hydrogens (tertiary/aromatic N) is 1. The second kappa shape index (κ2) is 4.56. The Hall–Kier alpha value is -1.63. The fourth-order valence-electron chi connectivity index (χ4n) is 1.29. The molecule has 0 saturated heterocycles. The summed E-state index contributed by atoms with van der Waals surface area (Å²) in [5, 5.41) is 10.7. The smallest absolute Gasteiger partial charge is 0.306 e. The lowest BCUT2D eigenvalue weighted by molar-refractivity contribution is 0.602. The van der Waals surface area contributed by atoms with Crippen LogP contribution < -0.4 is 9.60 Å². The average Bonchev–Trinajstić information content (AvgIpc) is 2.84. The minimum atomic E-state index is -3.83. The van der Waals surface area contributed by atoms with Crippen LogP contribution in [-0.4, -0.2) is 13.4 Å². The number of hydrogen-bond acceptors (Lipinski definition) is 6. The largest absolute Gasteiger partial charge is 0.315 e. The predicted molar refractivity (Wildman–Crippen MR) is 69.5 cm³/mol. The Kier molecular flexibility index (Phi) is 3.25. The van der Waals surface area contributed by atoms with E-state index >= 15 is 0 Å². The summed E-state index contributed by atoms with van der Waals surface area (Å²) in [6, 6.07) is 3.41. The topological polar surface area (TPSA) is 103 Å². The van der Waals surface area contributed by atoms with Crippen molar-refractivity contribution in [3.8, 4) is 6.07 Å². The van der Waals surface area contributed by atoms with Gasteiger partial charge in [-0.3, -0.25) is 9.52 Å². The summed E-state index contributed by atoms with van der Waals surface area (Å²) in [6.07, 6.45) is 0. The third kappa shape index (κ3) is 2.31. The number of aryl methyl sites for hydroxylation is 1. The molecule has 0 aliphatic carbocycles. The van der Waals surface area contributed by atoms with Crippen molar-refractivity contribution in [1.82, 2.24) is 4.98 Å². The molecule has 0 amide bonds. The third-order valence-corrected chi connectivity index (χ3v) is 5.95. The van der Waals surface area contributed by atoms with Gasteiger partial charge in [-0.15, -0.1) is 11.3 Å². The highest BCUT2D eigenvalue weighted by molar-refractivity contribution is 7.94. The summed E-state index contributed by atoms with van der Waals surface area (Å²) in [4.78, 5) is 13.1. The van der Waals surface area contributed by atoms with E-state index in [0.717, 1.165) is 11.3 Å². The Morgan fingerprint density at radius 1 is 1.50 bits per heavy atom. The predicted octanol–water partition coefficient (Wildman–Crippen LogP) is 1.48. The van der Waals surface area contributed by atoms with Gasteiger partial charge in [0.25, 0.3) is 10.0 Å². The van der Waals surface area contributed by atoms with Gasteiger partial charge in [0.15, 0.2) is 4.21 Å². The summed E-state index contributed by atoms with van der Waals surface area (Å²) in [6.45, 7) is 1.51. The Balaban J connectivity index is 2.43. The van der Waals surface area contributed by atoms with Crippen molar-refractivity contribution >= 4 is 37.7 Å². The number of hydrogen-bond donors (Lipinski definition) is 2. The van der Waals surface area contributed by atoms with Gasteiger partial charge in [0.1, 0.15) is 11.1 Å². The number of rotatable bonds is 3. The first kappa shape index (κ1) is 12.8. The van der Waals surface area contributed by atoms with Crippen molar-refractivity contribution in [2.45, 2.75) is 11.1 Å². The van der Waals surface area contributed by atoms with Gasteiger partial charge in [-0.1, -0.05) is 11.3 Å². The molecule has 6 nitrogen and oxygen atoms in total. The van der Waals surface area contributed by atoms with Crippen molar-refractivity contribution in [3.63, 3.8) is 0 Å². The molecule has 2 heterocycles. The summed E-state index contributed by atoms with van der Waals surface area (Å²) in [5.74, 6) is 0. The van der Waals surface area contributed by atoms with Gasteiger partial charge in [-0.2, -0.15) is 5.26 Å². The molecule has 94 valence electrons. The second-order valence-corrected chi connectivity index (χ2v) is 7.08. The Morgan fingerprint density at radius 2 is 2.22 bits per heavy atom. The molecule has 0 atom stereocenters. The summed E-state index contributed by atoms with van der Waals surface area (Å²) in [7, 11) is -3.83. The molecular formula is C9H7N3O3S3. The highest BCUT2D eigenvalue weighted by Crippen LogP contribution is 2.26. The van der Waals surface area contributed by atoms with Crippen LogP contribution in [0.15, 0.2) is 20.5 Å². The fourth-order valence-corrected chi connectivity index (χ4v) is 4.66. The highest BCUT2D eigenvalue weighted by Gasteiger charge is 2.22. The number of aromatic amines is 1. The van der Waals surface area contributed by atoms with Crippen molar-refractivity contribution in [2.24, 2.45) is 0 Å². The molecule has 0 aliphatic rings. The third-order valence-electron chi connectivity index (χ3n) is 2.04. The maximum Gasteiger partial charge on any atom is 0.306 e. The molecule has 0 radical (unpaired) electrons. The fraction of sp³-hybridized carbons (Fsp3) is 0.111. The standard InChI is InChI=1S/C9H7N3O3S3/c1-5-8(17-9(13)11-5)18(14,15)12-7-6(4-10)2-3-16-7/h2-3,12H,1H3,(H,11,13). The van der Waals surface area contributed by atoms with E-state index in [0.29, 0.717) is 11.3 Å². The van der Waals surface area contributed by atoms with Crippen LogP contribution in [0, 0.1) is 18.3 Å². The number of H-pyrrole nitrogens is 1. The number of aromatic nitrogens is 1. The minimum Gasteiger partial charge on any atom is -0.315 e. The van der Waals surface area contributed by atoms with E-state index in [2.05, 4.69) is 9.71 Å². The summed E-state index contributed by atoms with van der Waals surface area (Å²) in [5.41, 5.74) is 0.539. The van der Waals surface area contributed by atoms with E-state index in [4.69, 9.17) is 5.26 Å². The van der Waals surface area contributed by atoms with E-state index in [1.165, 1.54) is 13.0 Å².